The van der Waals surface area contributed by atoms with E-state index in [1.165, 1.54) is 4.68 Å². The van der Waals surface area contributed by atoms with Crippen molar-refractivity contribution in [3.05, 3.63) is 58.9 Å². The molecule has 4 rings (SSSR count). The summed E-state index contributed by atoms with van der Waals surface area (Å²) in [5, 5.41) is 17.5. The zero-order valence-corrected chi connectivity index (χ0v) is 22.7. The number of amides is 2. The number of carbonyl (C=O) groups excluding carboxylic acids is 2. The summed E-state index contributed by atoms with van der Waals surface area (Å²) in [7, 11) is 0. The van der Waals surface area contributed by atoms with Crippen molar-refractivity contribution in [2.24, 2.45) is 5.41 Å². The topological polar surface area (TPSA) is 110 Å². The van der Waals surface area contributed by atoms with Crippen molar-refractivity contribution < 1.29 is 14.3 Å². The molecule has 0 saturated carbocycles. The van der Waals surface area contributed by atoms with E-state index in [1.807, 2.05) is 39.8 Å². The van der Waals surface area contributed by atoms with Crippen LogP contribution in [-0.4, -0.2) is 46.5 Å². The van der Waals surface area contributed by atoms with Crippen LogP contribution in [0.5, 0.6) is 5.75 Å². The molecule has 1 aromatic heterocycles. The maximum Gasteiger partial charge on any atom is 0.273 e. The number of aryl methyl sites for hydroxylation is 1. The molecule has 0 unspecified atom stereocenters. The minimum atomic E-state index is -0.287. The van der Waals surface area contributed by atoms with Gasteiger partial charge in [-0.15, -0.1) is 5.10 Å². The molecule has 9 heteroatoms. The Morgan fingerprint density at radius 1 is 1.08 bits per heavy atom. The number of anilines is 2. The predicted molar refractivity (Wildman–Crippen MR) is 145 cm³/mol. The van der Waals surface area contributed by atoms with Crippen molar-refractivity contribution in [3.8, 4) is 11.4 Å². The van der Waals surface area contributed by atoms with Gasteiger partial charge in [0.2, 0.25) is 0 Å². The van der Waals surface area contributed by atoms with Crippen LogP contribution >= 0.6 is 0 Å². The molecule has 0 saturated heterocycles. The second-order valence-electron chi connectivity index (χ2n) is 11.7. The molecule has 2 heterocycles. The molecule has 3 aromatic rings. The van der Waals surface area contributed by atoms with Crippen LogP contribution in [0, 0.1) is 12.3 Å². The van der Waals surface area contributed by atoms with Crippen LogP contribution < -0.4 is 20.7 Å². The number of aromatic nitrogens is 3. The molecule has 3 N–H and O–H groups in total. The maximum atomic E-state index is 13.4. The number of nitrogens with zero attached hydrogens (tertiary/aromatic N) is 3. The van der Waals surface area contributed by atoms with Crippen LogP contribution in [0.15, 0.2) is 36.5 Å². The molecule has 2 amide bonds. The molecule has 196 valence electrons. The highest BCUT2D eigenvalue weighted by atomic mass is 16.5. The van der Waals surface area contributed by atoms with Crippen LogP contribution in [0.25, 0.3) is 5.69 Å². The highest BCUT2D eigenvalue weighted by Crippen LogP contribution is 2.40. The highest BCUT2D eigenvalue weighted by molar-refractivity contribution is 6.06. The van der Waals surface area contributed by atoms with E-state index in [2.05, 4.69) is 53.1 Å². The average molecular weight is 505 g/mol. The van der Waals surface area contributed by atoms with Crippen molar-refractivity contribution in [2.75, 3.05) is 30.3 Å². The van der Waals surface area contributed by atoms with Gasteiger partial charge in [-0.2, -0.15) is 0 Å². The molecular weight excluding hydrogens is 468 g/mol. The lowest BCUT2D eigenvalue weighted by Gasteiger charge is -2.27. The summed E-state index contributed by atoms with van der Waals surface area (Å²) >= 11 is 0. The lowest BCUT2D eigenvalue weighted by atomic mass is 9.86. The van der Waals surface area contributed by atoms with E-state index in [0.29, 0.717) is 42.4 Å². The molecule has 1 aliphatic heterocycles. The van der Waals surface area contributed by atoms with Crippen molar-refractivity contribution in [3.63, 3.8) is 0 Å². The minimum absolute atomic E-state index is 0.0450. The Morgan fingerprint density at radius 3 is 2.54 bits per heavy atom. The normalized spacial score (nSPS) is 13.3. The second-order valence-corrected chi connectivity index (χ2v) is 11.7. The molecule has 0 spiro atoms. The Kier molecular flexibility index (Phi) is 6.99. The molecule has 0 aliphatic carbocycles. The average Bonchev–Trinajstić information content (AvgIpc) is 3.32. The standard InChI is InChI=1S/C28H36N6O3/c1-17-8-9-18(12-23(17)34-15-22(32-33-34)26(36)30-16-27(2,3)4)25(35)31-21-14-19(28(5,6)7)13-20-24(21)37-11-10-29-20/h8-9,12-15,29H,10-11,16H2,1-7H3,(H,30,36)(H,31,35). The van der Waals surface area contributed by atoms with Crippen LogP contribution in [-0.2, 0) is 5.41 Å². The van der Waals surface area contributed by atoms with Gasteiger partial charge in [0.15, 0.2) is 11.4 Å². The van der Waals surface area contributed by atoms with Gasteiger partial charge in [-0.3, -0.25) is 9.59 Å². The van der Waals surface area contributed by atoms with Gasteiger partial charge < -0.3 is 20.7 Å². The van der Waals surface area contributed by atoms with Gasteiger partial charge in [-0.1, -0.05) is 52.8 Å². The van der Waals surface area contributed by atoms with Crippen molar-refractivity contribution in [1.82, 2.24) is 20.3 Å². The summed E-state index contributed by atoms with van der Waals surface area (Å²) in [6.45, 7) is 16.2. The number of carbonyl (C=O) groups is 2. The molecule has 2 aromatic carbocycles. The fraction of sp³-hybridized carbons (Fsp3) is 0.429. The Bertz CT molecular complexity index is 1330. The minimum Gasteiger partial charge on any atom is -0.487 e. The van der Waals surface area contributed by atoms with Crippen LogP contribution in [0.2, 0.25) is 0 Å². The monoisotopic (exact) mass is 504 g/mol. The van der Waals surface area contributed by atoms with E-state index in [9.17, 15) is 9.59 Å². The number of nitrogens with one attached hydrogen (secondary N) is 3. The lowest BCUT2D eigenvalue weighted by molar-refractivity contribution is 0.0933. The largest absolute Gasteiger partial charge is 0.487 e. The Labute approximate surface area is 218 Å². The first-order valence-electron chi connectivity index (χ1n) is 12.5. The molecule has 0 fully saturated rings. The summed E-state index contributed by atoms with van der Waals surface area (Å²) in [6, 6.07) is 9.41. The number of ether oxygens (including phenoxy) is 1. The molecular formula is C28H36N6O3. The lowest BCUT2D eigenvalue weighted by Crippen LogP contribution is -2.32. The highest BCUT2D eigenvalue weighted by Gasteiger charge is 2.23. The Balaban J connectivity index is 1.59. The van der Waals surface area contributed by atoms with E-state index in [1.54, 1.807) is 18.3 Å². The van der Waals surface area contributed by atoms with Gasteiger partial charge in [-0.25, -0.2) is 4.68 Å². The number of rotatable bonds is 5. The van der Waals surface area contributed by atoms with Gasteiger partial charge in [0.1, 0.15) is 6.61 Å². The van der Waals surface area contributed by atoms with Gasteiger partial charge in [-0.05, 0) is 53.1 Å². The van der Waals surface area contributed by atoms with Crippen LogP contribution in [0.3, 0.4) is 0 Å². The van der Waals surface area contributed by atoms with Crippen molar-refractivity contribution >= 4 is 23.2 Å². The van der Waals surface area contributed by atoms with E-state index in [-0.39, 0.29) is 28.3 Å². The van der Waals surface area contributed by atoms with E-state index < -0.39 is 0 Å². The van der Waals surface area contributed by atoms with E-state index in [0.717, 1.165) is 16.8 Å². The summed E-state index contributed by atoms with van der Waals surface area (Å²) in [4.78, 5) is 25.9. The number of benzene rings is 2. The van der Waals surface area contributed by atoms with Gasteiger partial charge in [0.05, 0.1) is 23.3 Å². The smallest absolute Gasteiger partial charge is 0.273 e. The predicted octanol–water partition coefficient (Wildman–Crippen LogP) is 4.71. The summed E-state index contributed by atoms with van der Waals surface area (Å²) in [5.74, 6) is 0.0823. The van der Waals surface area contributed by atoms with Gasteiger partial charge in [0, 0.05) is 18.7 Å². The first-order chi connectivity index (χ1) is 17.3. The quantitative estimate of drug-likeness (QED) is 0.464. The third-order valence-corrected chi connectivity index (χ3v) is 6.09. The summed E-state index contributed by atoms with van der Waals surface area (Å²) < 4.78 is 7.42. The van der Waals surface area contributed by atoms with Crippen molar-refractivity contribution in [1.29, 1.82) is 0 Å². The third kappa shape index (κ3) is 6.10. The van der Waals surface area contributed by atoms with E-state index >= 15 is 0 Å². The number of fused-ring (bicyclic) bond motifs is 1. The third-order valence-electron chi connectivity index (χ3n) is 6.09. The van der Waals surface area contributed by atoms with Crippen molar-refractivity contribution in [2.45, 2.75) is 53.9 Å². The van der Waals surface area contributed by atoms with Gasteiger partial charge in [0.25, 0.3) is 11.8 Å². The second kappa shape index (κ2) is 9.88. The molecule has 0 radical (unpaired) electrons. The van der Waals surface area contributed by atoms with E-state index in [4.69, 9.17) is 4.74 Å². The van der Waals surface area contributed by atoms with Gasteiger partial charge >= 0.3 is 0 Å². The Hall–Kier alpha value is -3.88. The molecule has 9 nitrogen and oxygen atoms in total. The fourth-order valence-electron chi connectivity index (χ4n) is 3.89. The number of hydrogen-bond acceptors (Lipinski definition) is 6. The SMILES string of the molecule is Cc1ccc(C(=O)Nc2cc(C(C)(C)C)cc3c2OCCN3)cc1-n1cc(C(=O)NCC(C)(C)C)nn1. The molecule has 37 heavy (non-hydrogen) atoms. The Morgan fingerprint density at radius 2 is 1.84 bits per heavy atom. The number of hydrogen-bond donors (Lipinski definition) is 3. The first kappa shape index (κ1) is 26.2. The molecule has 0 atom stereocenters. The molecule has 1 aliphatic rings. The zero-order chi connectivity index (χ0) is 27.0. The van der Waals surface area contributed by atoms with Crippen LogP contribution in [0.4, 0.5) is 11.4 Å². The summed E-state index contributed by atoms with van der Waals surface area (Å²) in [5.41, 5.74) is 4.66. The first-order valence-corrected chi connectivity index (χ1v) is 12.5. The summed E-state index contributed by atoms with van der Waals surface area (Å²) in [6.07, 6.45) is 1.57. The fourth-order valence-corrected chi connectivity index (χ4v) is 3.89. The maximum absolute atomic E-state index is 13.4. The zero-order valence-electron chi connectivity index (χ0n) is 22.7. The molecule has 0 bridgehead atoms. The van der Waals surface area contributed by atoms with Crippen LogP contribution in [0.1, 0.15) is 73.5 Å².